The summed E-state index contributed by atoms with van der Waals surface area (Å²) in [5, 5.41) is 3.47. The molecule has 3 nitrogen and oxygen atoms in total. The molecule has 102 valence electrons. The van der Waals surface area contributed by atoms with E-state index in [9.17, 15) is 4.79 Å². The van der Waals surface area contributed by atoms with Crippen LogP contribution in [-0.2, 0) is 0 Å². The number of benzene rings is 1. The predicted octanol–water partition coefficient (Wildman–Crippen LogP) is 2.29. The Morgan fingerprint density at radius 3 is 2.74 bits per heavy atom. The molecule has 0 spiro atoms. The van der Waals surface area contributed by atoms with Gasteiger partial charge < -0.3 is 10.2 Å². The molecule has 0 radical (unpaired) electrons. The van der Waals surface area contributed by atoms with Crippen molar-refractivity contribution in [3.63, 3.8) is 0 Å². The van der Waals surface area contributed by atoms with Crippen LogP contribution in [0, 0.1) is 5.92 Å². The van der Waals surface area contributed by atoms with Crippen molar-refractivity contribution in [2.45, 2.75) is 31.7 Å². The summed E-state index contributed by atoms with van der Waals surface area (Å²) < 4.78 is 0. The Balaban J connectivity index is 1.74. The van der Waals surface area contributed by atoms with Gasteiger partial charge in [0.1, 0.15) is 0 Å². The number of likely N-dealkylation sites (tertiary alicyclic amines) is 1. The maximum Gasteiger partial charge on any atom is 0.254 e. The zero-order valence-corrected chi connectivity index (χ0v) is 11.3. The molecule has 0 saturated carbocycles. The molecule has 3 rings (SSSR count). The summed E-state index contributed by atoms with van der Waals surface area (Å²) in [6.07, 6.45) is 4.83. The van der Waals surface area contributed by atoms with Gasteiger partial charge in [-0.05, 0) is 56.8 Å². The Morgan fingerprint density at radius 2 is 2.00 bits per heavy atom. The van der Waals surface area contributed by atoms with Gasteiger partial charge >= 0.3 is 0 Å². The van der Waals surface area contributed by atoms with Gasteiger partial charge in [-0.25, -0.2) is 0 Å². The summed E-state index contributed by atoms with van der Waals surface area (Å²) in [4.78, 5) is 14.7. The molecule has 0 bridgehead atoms. The lowest BCUT2D eigenvalue weighted by molar-refractivity contribution is 0.0670. The molecule has 2 heterocycles. The van der Waals surface area contributed by atoms with Gasteiger partial charge in [0.2, 0.25) is 0 Å². The zero-order valence-electron chi connectivity index (χ0n) is 11.3. The van der Waals surface area contributed by atoms with Crippen LogP contribution < -0.4 is 5.32 Å². The second-order valence-corrected chi connectivity index (χ2v) is 5.68. The molecule has 1 aromatic rings. The molecule has 3 heteroatoms. The zero-order chi connectivity index (χ0) is 13.1. The van der Waals surface area contributed by atoms with E-state index in [4.69, 9.17) is 0 Å². The number of amides is 1. The second kappa shape index (κ2) is 5.74. The minimum Gasteiger partial charge on any atom is -0.335 e. The minimum atomic E-state index is 0.216. The Kier molecular flexibility index (Phi) is 3.83. The van der Waals surface area contributed by atoms with Crippen molar-refractivity contribution < 1.29 is 4.79 Å². The van der Waals surface area contributed by atoms with Gasteiger partial charge in [0.05, 0.1) is 0 Å². The third-order valence-electron chi connectivity index (χ3n) is 4.46. The van der Waals surface area contributed by atoms with Crippen LogP contribution in [0.4, 0.5) is 0 Å². The molecule has 2 atom stereocenters. The van der Waals surface area contributed by atoms with Crippen LogP contribution in [0.3, 0.4) is 0 Å². The Hall–Kier alpha value is -1.35. The molecule has 19 heavy (non-hydrogen) atoms. The van der Waals surface area contributed by atoms with Crippen molar-refractivity contribution in [1.29, 1.82) is 0 Å². The van der Waals surface area contributed by atoms with Crippen molar-refractivity contribution in [2.75, 3.05) is 19.6 Å². The monoisotopic (exact) mass is 258 g/mol. The van der Waals surface area contributed by atoms with Gasteiger partial charge in [-0.3, -0.25) is 4.79 Å². The number of carbonyl (C=O) groups is 1. The van der Waals surface area contributed by atoms with E-state index in [0.717, 1.165) is 31.6 Å². The van der Waals surface area contributed by atoms with E-state index in [1.54, 1.807) is 0 Å². The van der Waals surface area contributed by atoms with E-state index in [1.165, 1.54) is 19.3 Å². The van der Waals surface area contributed by atoms with Crippen LogP contribution in [0.5, 0.6) is 0 Å². The molecule has 1 amide bonds. The third kappa shape index (κ3) is 2.66. The second-order valence-electron chi connectivity index (χ2n) is 5.68. The van der Waals surface area contributed by atoms with Crippen molar-refractivity contribution >= 4 is 5.91 Å². The van der Waals surface area contributed by atoms with Gasteiger partial charge in [0, 0.05) is 18.2 Å². The van der Waals surface area contributed by atoms with Gasteiger partial charge in [0.15, 0.2) is 0 Å². The van der Waals surface area contributed by atoms with Gasteiger partial charge in [-0.1, -0.05) is 18.2 Å². The highest BCUT2D eigenvalue weighted by molar-refractivity contribution is 5.94. The van der Waals surface area contributed by atoms with Crippen LogP contribution >= 0.6 is 0 Å². The van der Waals surface area contributed by atoms with E-state index in [1.807, 2.05) is 30.3 Å². The smallest absolute Gasteiger partial charge is 0.254 e. The first-order valence-corrected chi connectivity index (χ1v) is 7.43. The van der Waals surface area contributed by atoms with E-state index in [-0.39, 0.29) is 5.91 Å². The van der Waals surface area contributed by atoms with E-state index in [2.05, 4.69) is 10.2 Å². The molecule has 0 aromatic heterocycles. The maximum absolute atomic E-state index is 12.6. The van der Waals surface area contributed by atoms with Crippen LogP contribution in [0.25, 0.3) is 0 Å². The molecule has 0 aliphatic carbocycles. The number of hydrogen-bond donors (Lipinski definition) is 1. The van der Waals surface area contributed by atoms with Crippen LogP contribution in [0.2, 0.25) is 0 Å². The minimum absolute atomic E-state index is 0.216. The third-order valence-corrected chi connectivity index (χ3v) is 4.46. The predicted molar refractivity (Wildman–Crippen MR) is 76.1 cm³/mol. The fourth-order valence-corrected chi connectivity index (χ4v) is 3.49. The SMILES string of the molecule is O=C(c1ccccc1)N1CCCC1C1CCCNC1. The van der Waals surface area contributed by atoms with Gasteiger partial charge in [0.25, 0.3) is 5.91 Å². The maximum atomic E-state index is 12.6. The number of rotatable bonds is 2. The van der Waals surface area contributed by atoms with E-state index in [0.29, 0.717) is 12.0 Å². The highest BCUT2D eigenvalue weighted by Crippen LogP contribution is 2.29. The number of hydrogen-bond acceptors (Lipinski definition) is 2. The number of piperidine rings is 1. The fraction of sp³-hybridized carbons (Fsp3) is 0.562. The van der Waals surface area contributed by atoms with E-state index < -0.39 is 0 Å². The normalized spacial score (nSPS) is 27.5. The standard InChI is InChI=1S/C16H22N2O/c19-16(13-6-2-1-3-7-13)18-11-5-9-15(18)14-8-4-10-17-12-14/h1-3,6-7,14-15,17H,4-5,8-12H2. The number of nitrogens with zero attached hydrogens (tertiary/aromatic N) is 1. The molecule has 2 unspecified atom stereocenters. The van der Waals surface area contributed by atoms with E-state index >= 15 is 0 Å². The Labute approximate surface area is 115 Å². The summed E-state index contributed by atoms with van der Waals surface area (Å²) in [5.41, 5.74) is 0.832. The first kappa shape index (κ1) is 12.7. The molecule has 2 aliphatic rings. The van der Waals surface area contributed by atoms with Gasteiger partial charge in [-0.15, -0.1) is 0 Å². The lowest BCUT2D eigenvalue weighted by atomic mass is 9.90. The largest absolute Gasteiger partial charge is 0.335 e. The lowest BCUT2D eigenvalue weighted by Crippen LogP contribution is -2.45. The Bertz CT molecular complexity index is 426. The molecular formula is C16H22N2O. The lowest BCUT2D eigenvalue weighted by Gasteiger charge is -2.34. The van der Waals surface area contributed by atoms with Crippen molar-refractivity contribution in [2.24, 2.45) is 5.92 Å². The molecule has 2 saturated heterocycles. The first-order valence-electron chi connectivity index (χ1n) is 7.43. The molecule has 2 aliphatic heterocycles. The van der Waals surface area contributed by atoms with Crippen LogP contribution in [0.15, 0.2) is 30.3 Å². The highest BCUT2D eigenvalue weighted by Gasteiger charge is 2.35. The molecule has 1 aromatic carbocycles. The Morgan fingerprint density at radius 1 is 1.16 bits per heavy atom. The number of carbonyl (C=O) groups excluding carboxylic acids is 1. The molecule has 2 fully saturated rings. The average Bonchev–Trinajstić information content (AvgIpc) is 2.98. The first-order chi connectivity index (χ1) is 9.36. The van der Waals surface area contributed by atoms with Crippen molar-refractivity contribution in [3.05, 3.63) is 35.9 Å². The average molecular weight is 258 g/mol. The summed E-state index contributed by atoms with van der Waals surface area (Å²) >= 11 is 0. The summed E-state index contributed by atoms with van der Waals surface area (Å²) in [7, 11) is 0. The van der Waals surface area contributed by atoms with Crippen molar-refractivity contribution in [1.82, 2.24) is 10.2 Å². The molecule has 1 N–H and O–H groups in total. The molecular weight excluding hydrogens is 236 g/mol. The summed E-state index contributed by atoms with van der Waals surface area (Å²) in [5.74, 6) is 0.859. The summed E-state index contributed by atoms with van der Waals surface area (Å²) in [6, 6.07) is 10.2. The van der Waals surface area contributed by atoms with Gasteiger partial charge in [-0.2, -0.15) is 0 Å². The highest BCUT2D eigenvalue weighted by atomic mass is 16.2. The number of nitrogens with one attached hydrogen (secondary N) is 1. The topological polar surface area (TPSA) is 32.3 Å². The van der Waals surface area contributed by atoms with Crippen LogP contribution in [-0.4, -0.2) is 36.5 Å². The van der Waals surface area contributed by atoms with Crippen molar-refractivity contribution in [3.8, 4) is 0 Å². The summed E-state index contributed by atoms with van der Waals surface area (Å²) in [6.45, 7) is 3.13. The van der Waals surface area contributed by atoms with Crippen LogP contribution in [0.1, 0.15) is 36.0 Å². The fourth-order valence-electron chi connectivity index (χ4n) is 3.49. The quantitative estimate of drug-likeness (QED) is 0.882.